The molecule has 0 rings (SSSR count). The van der Waals surface area contributed by atoms with Crippen LogP contribution >= 0.6 is 0 Å². The van der Waals surface area contributed by atoms with E-state index >= 15 is 0 Å². The first-order valence-corrected chi connectivity index (χ1v) is 3.79. The minimum Gasteiger partial charge on any atom is 3.00 e. The summed E-state index contributed by atoms with van der Waals surface area (Å²) in [5.74, 6) is 0. The fourth-order valence-electron chi connectivity index (χ4n) is 0. The van der Waals surface area contributed by atoms with Crippen LogP contribution in [0.1, 0.15) is 0 Å². The van der Waals surface area contributed by atoms with Crippen molar-refractivity contribution in [2.24, 2.45) is 0 Å². The van der Waals surface area contributed by atoms with E-state index in [0.717, 1.165) is 0 Å². The first-order chi connectivity index (χ1) is 2.00. The Morgan fingerprint density at radius 1 is 1.17 bits per heavy atom. The second-order valence-corrected chi connectivity index (χ2v) is 2.32. The number of hydrogen-bond acceptors (Lipinski definition) is 4. The van der Waals surface area contributed by atoms with Gasteiger partial charge in [-0.05, 0) is 0 Å². The molecule has 0 radical (unpaired) electrons. The Hall–Kier alpha value is 0.979. The second kappa shape index (κ2) is 3.04. The van der Waals surface area contributed by atoms with Gasteiger partial charge in [0.15, 0.2) is 0 Å². The van der Waals surface area contributed by atoms with Gasteiger partial charge in [-0.25, -0.2) is 0 Å². The molecule has 0 aliphatic heterocycles. The summed E-state index contributed by atoms with van der Waals surface area (Å²) in [5.41, 5.74) is 0. The summed E-state index contributed by atoms with van der Waals surface area (Å²) in [6.45, 7) is 0. The van der Waals surface area contributed by atoms with E-state index in [1.54, 1.807) is 0 Å². The van der Waals surface area contributed by atoms with Crippen molar-refractivity contribution >= 4 is 14.5 Å². The van der Waals surface area contributed by atoms with Crippen molar-refractivity contribution in [3.63, 3.8) is 0 Å². The summed E-state index contributed by atoms with van der Waals surface area (Å²) in [5, 5.41) is 0. The van der Waals surface area contributed by atoms with Gasteiger partial charge in [-0.1, -0.05) is 0 Å². The predicted molar refractivity (Wildman–Crippen MR) is 6.44 cm³/mol. The Morgan fingerprint density at radius 2 is 1.17 bits per heavy atom. The average Bonchev–Trinajstić information content (AvgIpc) is 0.722. The third-order valence-electron chi connectivity index (χ3n) is 0. The summed E-state index contributed by atoms with van der Waals surface area (Å²) in [7, 11) is 0. The van der Waals surface area contributed by atoms with Gasteiger partial charge in [0.25, 0.3) is 0 Å². The minimum atomic E-state index is -5.88. The van der Waals surface area contributed by atoms with Crippen LogP contribution < -0.4 is 12.3 Å². The largest absolute Gasteiger partial charge is 3.00 e. The van der Waals surface area contributed by atoms with Gasteiger partial charge in [0.05, 0.1) is 0 Å². The molecule has 0 amide bonds. The second-order valence-electron chi connectivity index (χ2n) is 0.447. The molecule has 0 spiro atoms. The molecule has 6 heteroatoms. The van der Waals surface area contributed by atoms with Gasteiger partial charge in [0.2, 0.25) is 0 Å². The summed E-state index contributed by atoms with van der Waals surface area (Å²) in [4.78, 5) is 0. The molecule has 0 aromatic heterocycles. The van der Waals surface area contributed by atoms with Gasteiger partial charge < -0.3 is 0 Å². The Kier molecular flexibility index (Phi) is 5.10. The number of hydrogen-bond donors (Lipinski definition) is 0. The first kappa shape index (κ1) is 10.1. The van der Waals surface area contributed by atoms with Crippen molar-refractivity contribution in [2.45, 2.75) is 0 Å². The van der Waals surface area contributed by atoms with Crippen molar-refractivity contribution in [1.29, 1.82) is 0 Å². The fourth-order valence-corrected chi connectivity index (χ4v) is 0. The minimum absolute atomic E-state index is 0. The van der Waals surface area contributed by atoms with E-state index in [2.05, 4.69) is 0 Å². The molecule has 0 bridgehead atoms. The van der Waals surface area contributed by atoms with Gasteiger partial charge >= 0.3 is 52.9 Å². The van der Waals surface area contributed by atoms with Crippen LogP contribution in [0.3, 0.4) is 0 Å². The normalized spacial score (nSPS) is 9.83. The molecule has 0 saturated carbocycles. The van der Waals surface area contributed by atoms with Gasteiger partial charge in [-0.2, -0.15) is 0 Å². The van der Waals surface area contributed by atoms with Gasteiger partial charge in [-0.15, -0.1) is 0 Å². The molecular weight excluding hydrogens is 247 g/mol. The van der Waals surface area contributed by atoms with E-state index in [4.69, 9.17) is 16.0 Å². The summed E-state index contributed by atoms with van der Waals surface area (Å²) in [6, 6.07) is 0. The Labute approximate surface area is 53.0 Å². The van der Waals surface area contributed by atoms with Crippen LogP contribution in [0.4, 0.5) is 0 Å². The van der Waals surface area contributed by atoms with Crippen LogP contribution in [0.5, 0.6) is 0 Å². The van der Waals surface area contributed by atoms with Crippen molar-refractivity contribution in [2.75, 3.05) is 0 Å². The summed E-state index contributed by atoms with van der Waals surface area (Å²) in [6.07, 6.45) is 0. The molecule has 4 nitrogen and oxygen atoms in total. The smallest absolute Gasteiger partial charge is 3.00 e. The van der Waals surface area contributed by atoms with Crippen LogP contribution in [0.25, 0.3) is 0 Å². The van der Waals surface area contributed by atoms with Crippen LogP contribution in [0.2, 0.25) is 0 Å². The standard InChI is InChI=1S/Ag.AsH3O4/c;2-1(3,4)5/h;(H3,2,3,4,5)/q+3;/p-3. The third kappa shape index (κ3) is 82.3. The van der Waals surface area contributed by atoms with Crippen molar-refractivity contribution in [1.82, 2.24) is 0 Å². The Balaban J connectivity index is 0. The van der Waals surface area contributed by atoms with Crippen LogP contribution in [0, 0.1) is 0 Å². The number of rotatable bonds is 0. The van der Waals surface area contributed by atoms with Gasteiger partial charge in [0.1, 0.15) is 0 Å². The Morgan fingerprint density at radius 3 is 1.17 bits per heavy atom. The molecule has 0 aliphatic carbocycles. The van der Waals surface area contributed by atoms with Crippen molar-refractivity contribution in [3.05, 3.63) is 0 Å². The monoisotopic (exact) mass is 246 g/mol. The molecule has 0 unspecified atom stereocenters. The van der Waals surface area contributed by atoms with E-state index in [9.17, 15) is 0 Å². The third-order valence-corrected chi connectivity index (χ3v) is 0. The van der Waals surface area contributed by atoms with E-state index in [-0.39, 0.29) is 22.4 Å². The average molecular weight is 247 g/mol. The van der Waals surface area contributed by atoms with Crippen molar-refractivity contribution in [3.8, 4) is 0 Å². The molecule has 0 saturated heterocycles. The van der Waals surface area contributed by atoms with E-state index in [1.165, 1.54) is 0 Å². The molecule has 6 heavy (non-hydrogen) atoms. The maximum atomic E-state index is 8.61. The van der Waals surface area contributed by atoms with E-state index < -0.39 is 14.5 Å². The molecular formula is AgAsO4. The van der Waals surface area contributed by atoms with E-state index in [1.807, 2.05) is 0 Å². The van der Waals surface area contributed by atoms with Crippen LogP contribution in [0.15, 0.2) is 0 Å². The SMILES string of the molecule is O=[As]([O-])([O-])[O-].[Ag+3]. The Bertz CT molecular complexity index is 53.7. The molecule has 0 aromatic rings. The molecule has 0 N–H and O–H groups in total. The molecule has 0 fully saturated rings. The zero-order valence-electron chi connectivity index (χ0n) is 2.38. The molecule has 0 aromatic carbocycles. The van der Waals surface area contributed by atoms with Gasteiger partial charge in [-0.3, -0.25) is 0 Å². The zero-order chi connectivity index (χ0) is 4.50. The molecule has 0 heterocycles. The maximum Gasteiger partial charge on any atom is 3.00 e. The summed E-state index contributed by atoms with van der Waals surface area (Å²) >= 11 is -5.88. The zero-order valence-corrected chi connectivity index (χ0v) is 5.74. The van der Waals surface area contributed by atoms with Gasteiger partial charge in [0, 0.05) is 0 Å². The molecule has 0 atom stereocenters. The van der Waals surface area contributed by atoms with E-state index in [0.29, 0.717) is 0 Å². The van der Waals surface area contributed by atoms with Crippen LogP contribution in [-0.2, 0) is 26.1 Å². The molecule has 0 aliphatic rings. The quantitative estimate of drug-likeness (QED) is 0.407. The first-order valence-electron chi connectivity index (χ1n) is 0.730. The summed E-state index contributed by atoms with van der Waals surface area (Å²) < 4.78 is 34.4. The maximum absolute atomic E-state index is 8.61. The van der Waals surface area contributed by atoms with Crippen molar-refractivity contribution < 1.29 is 38.4 Å². The predicted octanol–water partition coefficient (Wildman–Crippen LogP) is -4.07. The molecule has 40 valence electrons. The fraction of sp³-hybridized carbons (Fsp3) is 0. The van der Waals surface area contributed by atoms with Crippen LogP contribution in [-0.4, -0.2) is 14.5 Å². The topological polar surface area (TPSA) is 86.2 Å².